The summed E-state index contributed by atoms with van der Waals surface area (Å²) in [5, 5.41) is 0. The van der Waals surface area contributed by atoms with Crippen molar-refractivity contribution in [1.29, 1.82) is 0 Å². The normalized spacial score (nSPS) is 34.9. The van der Waals surface area contributed by atoms with Gasteiger partial charge in [0, 0.05) is 0 Å². The molecular formula is C11H21NO. The van der Waals surface area contributed by atoms with E-state index in [2.05, 4.69) is 20.8 Å². The number of nitrogens with two attached hydrogens (primary N) is 1. The van der Waals surface area contributed by atoms with Crippen molar-refractivity contribution in [3.8, 4) is 0 Å². The van der Waals surface area contributed by atoms with Crippen LogP contribution < -0.4 is 5.73 Å². The second-order valence-corrected chi connectivity index (χ2v) is 4.86. The first-order valence-corrected chi connectivity index (χ1v) is 5.29. The second kappa shape index (κ2) is 3.69. The Balaban J connectivity index is 2.75. The highest BCUT2D eigenvalue weighted by molar-refractivity contribution is 5.81. The first-order chi connectivity index (χ1) is 5.99. The quantitative estimate of drug-likeness (QED) is 0.701. The van der Waals surface area contributed by atoms with Gasteiger partial charge in [-0.15, -0.1) is 0 Å². The minimum atomic E-state index is -0.202. The van der Waals surface area contributed by atoms with Gasteiger partial charge in [0.1, 0.15) is 0 Å². The highest BCUT2D eigenvalue weighted by Gasteiger charge is 2.41. The van der Waals surface area contributed by atoms with Crippen LogP contribution in [0.15, 0.2) is 0 Å². The van der Waals surface area contributed by atoms with E-state index in [0.717, 1.165) is 31.6 Å². The van der Waals surface area contributed by atoms with Crippen molar-refractivity contribution < 1.29 is 4.79 Å². The molecule has 0 atom stereocenters. The number of amides is 1. The third-order valence-corrected chi connectivity index (χ3v) is 3.76. The first kappa shape index (κ1) is 10.6. The van der Waals surface area contributed by atoms with Crippen LogP contribution in [0.5, 0.6) is 0 Å². The van der Waals surface area contributed by atoms with Crippen molar-refractivity contribution >= 4 is 5.91 Å². The fourth-order valence-corrected chi connectivity index (χ4v) is 2.39. The summed E-state index contributed by atoms with van der Waals surface area (Å²) < 4.78 is 0. The molecule has 0 aliphatic heterocycles. The van der Waals surface area contributed by atoms with Crippen LogP contribution in [-0.4, -0.2) is 5.91 Å². The number of hydrogen-bond donors (Lipinski definition) is 1. The summed E-state index contributed by atoms with van der Waals surface area (Å²) in [5.74, 6) is 1.07. The molecule has 2 heteroatoms. The molecule has 0 spiro atoms. The van der Waals surface area contributed by atoms with Crippen molar-refractivity contribution in [2.75, 3.05) is 0 Å². The second-order valence-electron chi connectivity index (χ2n) is 4.86. The molecule has 2 nitrogen and oxygen atoms in total. The van der Waals surface area contributed by atoms with Gasteiger partial charge in [-0.25, -0.2) is 0 Å². The average molecular weight is 183 g/mol. The van der Waals surface area contributed by atoms with Gasteiger partial charge in [0.05, 0.1) is 5.41 Å². The Kier molecular flexibility index (Phi) is 2.99. The van der Waals surface area contributed by atoms with E-state index in [0.29, 0.717) is 5.92 Å². The maximum Gasteiger partial charge on any atom is 0.223 e. The van der Waals surface area contributed by atoms with Gasteiger partial charge in [0.25, 0.3) is 0 Å². The molecule has 0 aromatic carbocycles. The van der Waals surface area contributed by atoms with Crippen molar-refractivity contribution in [2.45, 2.75) is 46.5 Å². The molecular weight excluding hydrogens is 162 g/mol. The average Bonchev–Trinajstić information content (AvgIpc) is 2.04. The van der Waals surface area contributed by atoms with Crippen LogP contribution in [0, 0.1) is 17.3 Å². The van der Waals surface area contributed by atoms with E-state index < -0.39 is 0 Å². The minimum absolute atomic E-state index is 0.0885. The Morgan fingerprint density at radius 3 is 2.15 bits per heavy atom. The zero-order valence-corrected chi connectivity index (χ0v) is 8.97. The molecule has 0 saturated heterocycles. The summed E-state index contributed by atoms with van der Waals surface area (Å²) in [4.78, 5) is 11.4. The maximum atomic E-state index is 11.4. The Morgan fingerprint density at radius 2 is 1.85 bits per heavy atom. The van der Waals surface area contributed by atoms with E-state index in [1.807, 2.05) is 0 Å². The van der Waals surface area contributed by atoms with Crippen LogP contribution in [0.2, 0.25) is 0 Å². The summed E-state index contributed by atoms with van der Waals surface area (Å²) in [7, 11) is 0. The lowest BCUT2D eigenvalue weighted by Gasteiger charge is -2.40. The summed E-state index contributed by atoms with van der Waals surface area (Å²) in [6.45, 7) is 6.48. The number of rotatable bonds is 2. The fourth-order valence-electron chi connectivity index (χ4n) is 2.39. The number of hydrogen-bond acceptors (Lipinski definition) is 1. The van der Waals surface area contributed by atoms with Crippen LogP contribution in [0.1, 0.15) is 46.5 Å². The standard InChI is InChI=1S/C11H21NO/c1-8(2)11(10(12)13)6-4-9(3)5-7-11/h8-9H,4-7H2,1-3H3,(H2,12,13). The molecule has 1 rings (SSSR count). The van der Waals surface area contributed by atoms with Gasteiger partial charge in [-0.2, -0.15) is 0 Å². The first-order valence-electron chi connectivity index (χ1n) is 5.29. The minimum Gasteiger partial charge on any atom is -0.369 e. The molecule has 1 amide bonds. The Morgan fingerprint density at radius 1 is 1.38 bits per heavy atom. The lowest BCUT2D eigenvalue weighted by atomic mass is 9.64. The fraction of sp³-hybridized carbons (Fsp3) is 0.909. The van der Waals surface area contributed by atoms with Gasteiger partial charge in [-0.05, 0) is 37.5 Å². The Labute approximate surface area is 80.9 Å². The van der Waals surface area contributed by atoms with E-state index in [4.69, 9.17) is 5.73 Å². The van der Waals surface area contributed by atoms with Crippen LogP contribution in [0.3, 0.4) is 0 Å². The predicted molar refractivity (Wildman–Crippen MR) is 54.1 cm³/mol. The largest absolute Gasteiger partial charge is 0.369 e. The molecule has 13 heavy (non-hydrogen) atoms. The summed E-state index contributed by atoms with van der Waals surface area (Å²) in [6.07, 6.45) is 4.28. The smallest absolute Gasteiger partial charge is 0.223 e. The van der Waals surface area contributed by atoms with Crippen molar-refractivity contribution in [1.82, 2.24) is 0 Å². The highest BCUT2D eigenvalue weighted by atomic mass is 16.1. The molecule has 1 aliphatic rings. The monoisotopic (exact) mass is 183 g/mol. The maximum absolute atomic E-state index is 11.4. The van der Waals surface area contributed by atoms with E-state index in [-0.39, 0.29) is 11.3 Å². The molecule has 1 fully saturated rings. The number of carbonyl (C=O) groups excluding carboxylic acids is 1. The lowest BCUT2D eigenvalue weighted by molar-refractivity contribution is -0.133. The SMILES string of the molecule is CC1CCC(C(N)=O)(C(C)C)CC1. The predicted octanol–water partition coefficient (Wildman–Crippen LogP) is 2.32. The van der Waals surface area contributed by atoms with Crippen LogP contribution in [0.4, 0.5) is 0 Å². The number of primary amides is 1. The van der Waals surface area contributed by atoms with E-state index in [1.54, 1.807) is 0 Å². The highest BCUT2D eigenvalue weighted by Crippen LogP contribution is 2.43. The van der Waals surface area contributed by atoms with Gasteiger partial charge >= 0.3 is 0 Å². The van der Waals surface area contributed by atoms with E-state index >= 15 is 0 Å². The molecule has 0 radical (unpaired) electrons. The summed E-state index contributed by atoms with van der Waals surface area (Å²) in [5.41, 5.74) is 5.31. The van der Waals surface area contributed by atoms with Crippen molar-refractivity contribution in [3.63, 3.8) is 0 Å². The van der Waals surface area contributed by atoms with E-state index in [1.165, 1.54) is 0 Å². The molecule has 1 aliphatic carbocycles. The molecule has 0 heterocycles. The molecule has 76 valence electrons. The van der Waals surface area contributed by atoms with Crippen LogP contribution >= 0.6 is 0 Å². The molecule has 1 saturated carbocycles. The van der Waals surface area contributed by atoms with Gasteiger partial charge in [0.15, 0.2) is 0 Å². The zero-order chi connectivity index (χ0) is 10.1. The molecule has 0 aromatic rings. The zero-order valence-electron chi connectivity index (χ0n) is 8.97. The van der Waals surface area contributed by atoms with Crippen LogP contribution in [0.25, 0.3) is 0 Å². The summed E-state index contributed by atoms with van der Waals surface area (Å²) >= 11 is 0. The molecule has 0 aromatic heterocycles. The van der Waals surface area contributed by atoms with Gasteiger partial charge in [-0.1, -0.05) is 20.8 Å². The Bertz CT molecular complexity index is 190. The van der Waals surface area contributed by atoms with E-state index in [9.17, 15) is 4.79 Å². The van der Waals surface area contributed by atoms with Gasteiger partial charge < -0.3 is 5.73 Å². The molecule has 0 unspecified atom stereocenters. The number of carbonyl (C=O) groups is 1. The lowest BCUT2D eigenvalue weighted by Crippen LogP contribution is -2.43. The van der Waals surface area contributed by atoms with Crippen molar-refractivity contribution in [3.05, 3.63) is 0 Å². The van der Waals surface area contributed by atoms with Crippen molar-refractivity contribution in [2.24, 2.45) is 23.0 Å². The van der Waals surface area contributed by atoms with Gasteiger partial charge in [-0.3, -0.25) is 4.79 Å². The third-order valence-electron chi connectivity index (χ3n) is 3.76. The molecule has 0 bridgehead atoms. The third kappa shape index (κ3) is 1.87. The summed E-state index contributed by atoms with van der Waals surface area (Å²) in [6, 6.07) is 0. The van der Waals surface area contributed by atoms with Gasteiger partial charge in [0.2, 0.25) is 5.91 Å². The topological polar surface area (TPSA) is 43.1 Å². The molecule has 2 N–H and O–H groups in total. The van der Waals surface area contributed by atoms with Crippen LogP contribution in [-0.2, 0) is 4.79 Å². The Hall–Kier alpha value is -0.530.